The number of phosphoric ester groups is 2. The molecule has 0 rings (SSSR count). The summed E-state index contributed by atoms with van der Waals surface area (Å²) in [5.74, 6) is -2.27. The minimum absolute atomic E-state index is 0.0711. The molecular formula is C83H142O17P2. The van der Waals surface area contributed by atoms with E-state index in [-0.39, 0.29) is 25.7 Å². The van der Waals surface area contributed by atoms with Crippen molar-refractivity contribution >= 4 is 39.5 Å². The van der Waals surface area contributed by atoms with Crippen LogP contribution in [-0.2, 0) is 65.4 Å². The third-order valence-electron chi connectivity index (χ3n) is 16.4. The van der Waals surface area contributed by atoms with Gasteiger partial charge in [0.25, 0.3) is 0 Å². The molecule has 19 heteroatoms. The number of hydrogen-bond acceptors (Lipinski definition) is 15. The summed E-state index contributed by atoms with van der Waals surface area (Å²) >= 11 is 0. The molecule has 102 heavy (non-hydrogen) atoms. The molecule has 17 nitrogen and oxygen atoms in total. The number of phosphoric acid groups is 2. The Bertz CT molecular complexity index is 2410. The zero-order chi connectivity index (χ0) is 74.6. The maximum atomic E-state index is 13.1. The maximum Gasteiger partial charge on any atom is 0.472 e. The number of unbranched alkanes of at least 4 members (excludes halogenated alkanes) is 28. The average molecular weight is 1470 g/mol. The molecule has 0 aliphatic rings. The highest BCUT2D eigenvalue weighted by Gasteiger charge is 2.30. The summed E-state index contributed by atoms with van der Waals surface area (Å²) in [5, 5.41) is 10.6. The molecule has 0 aromatic carbocycles. The Kier molecular flexibility index (Phi) is 71.4. The zero-order valence-corrected chi connectivity index (χ0v) is 65.8. The van der Waals surface area contributed by atoms with Gasteiger partial charge in [0, 0.05) is 25.7 Å². The Labute approximate surface area is 619 Å². The fourth-order valence-electron chi connectivity index (χ4n) is 10.3. The Morgan fingerprint density at radius 1 is 0.284 bits per heavy atom. The summed E-state index contributed by atoms with van der Waals surface area (Å²) < 4.78 is 68.5. The summed E-state index contributed by atoms with van der Waals surface area (Å²) in [4.78, 5) is 72.9. The van der Waals surface area contributed by atoms with Crippen LogP contribution in [0, 0.1) is 0 Å². The molecule has 586 valence electrons. The number of rotatable bonds is 74. The van der Waals surface area contributed by atoms with Crippen molar-refractivity contribution in [2.24, 2.45) is 0 Å². The van der Waals surface area contributed by atoms with Crippen LogP contribution in [0.1, 0.15) is 323 Å². The van der Waals surface area contributed by atoms with E-state index in [0.717, 1.165) is 167 Å². The molecule has 0 bridgehead atoms. The first-order valence-corrected chi connectivity index (χ1v) is 42.8. The van der Waals surface area contributed by atoms with E-state index in [0.29, 0.717) is 32.1 Å². The van der Waals surface area contributed by atoms with Crippen LogP contribution in [0.5, 0.6) is 0 Å². The third kappa shape index (κ3) is 73.8. The predicted octanol–water partition coefficient (Wildman–Crippen LogP) is 23.1. The van der Waals surface area contributed by atoms with Gasteiger partial charge in [-0.2, -0.15) is 0 Å². The lowest BCUT2D eigenvalue weighted by Gasteiger charge is -2.21. The lowest BCUT2D eigenvalue weighted by Crippen LogP contribution is -2.30. The smallest absolute Gasteiger partial charge is 0.462 e. The molecule has 3 N–H and O–H groups in total. The van der Waals surface area contributed by atoms with E-state index in [9.17, 15) is 43.2 Å². The fraction of sp³-hybridized carbons (Fsp3) is 0.711. The van der Waals surface area contributed by atoms with E-state index < -0.39 is 97.5 Å². The largest absolute Gasteiger partial charge is 0.472 e. The summed E-state index contributed by atoms with van der Waals surface area (Å²) in [7, 11) is -9.98. The van der Waals surface area contributed by atoms with Gasteiger partial charge in [-0.05, 0) is 148 Å². The minimum Gasteiger partial charge on any atom is -0.462 e. The van der Waals surface area contributed by atoms with E-state index >= 15 is 0 Å². The molecule has 0 radical (unpaired) electrons. The second kappa shape index (κ2) is 74.7. The lowest BCUT2D eigenvalue weighted by atomic mass is 10.1. The van der Waals surface area contributed by atoms with Gasteiger partial charge in [0.2, 0.25) is 0 Å². The maximum absolute atomic E-state index is 13.1. The number of carbonyl (C=O) groups excluding carboxylic acids is 4. The Morgan fingerprint density at radius 3 is 0.882 bits per heavy atom. The molecule has 5 unspecified atom stereocenters. The van der Waals surface area contributed by atoms with Gasteiger partial charge >= 0.3 is 39.5 Å². The molecule has 0 saturated carbocycles. The summed E-state index contributed by atoms with van der Waals surface area (Å²) in [6, 6.07) is 0. The highest BCUT2D eigenvalue weighted by Crippen LogP contribution is 2.45. The number of ether oxygens (including phenoxy) is 4. The topological polar surface area (TPSA) is 237 Å². The number of carbonyl (C=O) groups is 4. The second-order valence-corrected chi connectivity index (χ2v) is 29.2. The van der Waals surface area contributed by atoms with E-state index in [1.807, 2.05) is 12.2 Å². The van der Waals surface area contributed by atoms with Gasteiger partial charge in [-0.3, -0.25) is 37.3 Å². The third-order valence-corrected chi connectivity index (χ3v) is 18.3. The molecule has 0 aliphatic heterocycles. The number of aliphatic hydroxyl groups excluding tert-OH is 1. The molecule has 0 saturated heterocycles. The molecule has 0 aromatic rings. The molecule has 0 aromatic heterocycles. The molecular weight excluding hydrogens is 1330 g/mol. The lowest BCUT2D eigenvalue weighted by molar-refractivity contribution is -0.161. The van der Waals surface area contributed by atoms with Crippen LogP contribution in [0.15, 0.2) is 122 Å². The normalized spacial score (nSPS) is 14.5. The first-order chi connectivity index (χ1) is 49.7. The van der Waals surface area contributed by atoms with Crippen molar-refractivity contribution in [1.29, 1.82) is 0 Å². The highest BCUT2D eigenvalue weighted by molar-refractivity contribution is 7.47. The van der Waals surface area contributed by atoms with Crippen LogP contribution in [0.2, 0.25) is 0 Å². The molecule has 0 heterocycles. The van der Waals surface area contributed by atoms with Gasteiger partial charge in [-0.1, -0.05) is 271 Å². The van der Waals surface area contributed by atoms with Gasteiger partial charge in [0.15, 0.2) is 12.2 Å². The van der Waals surface area contributed by atoms with Crippen molar-refractivity contribution in [3.63, 3.8) is 0 Å². The van der Waals surface area contributed by atoms with Crippen LogP contribution < -0.4 is 0 Å². The van der Waals surface area contributed by atoms with E-state index in [4.69, 9.17) is 37.0 Å². The Hall–Kier alpha value is -4.54. The van der Waals surface area contributed by atoms with Crippen molar-refractivity contribution in [3.05, 3.63) is 122 Å². The Morgan fingerprint density at radius 2 is 0.529 bits per heavy atom. The van der Waals surface area contributed by atoms with Crippen LogP contribution >= 0.6 is 15.6 Å². The van der Waals surface area contributed by atoms with Crippen LogP contribution in [0.25, 0.3) is 0 Å². The number of aliphatic hydroxyl groups is 1. The highest BCUT2D eigenvalue weighted by atomic mass is 31.2. The summed E-state index contributed by atoms with van der Waals surface area (Å²) in [5.41, 5.74) is 0. The van der Waals surface area contributed by atoms with E-state index in [1.165, 1.54) is 70.6 Å². The first-order valence-electron chi connectivity index (χ1n) is 39.8. The summed E-state index contributed by atoms with van der Waals surface area (Å²) in [6.07, 6.45) is 81.9. The van der Waals surface area contributed by atoms with Crippen LogP contribution in [0.3, 0.4) is 0 Å². The quantitative estimate of drug-likeness (QED) is 0.0169. The molecule has 0 aliphatic carbocycles. The van der Waals surface area contributed by atoms with Gasteiger partial charge in [0.05, 0.1) is 26.4 Å². The van der Waals surface area contributed by atoms with Crippen molar-refractivity contribution in [3.8, 4) is 0 Å². The van der Waals surface area contributed by atoms with Crippen LogP contribution in [0.4, 0.5) is 0 Å². The van der Waals surface area contributed by atoms with Crippen LogP contribution in [-0.4, -0.2) is 96.7 Å². The Balaban J connectivity index is 5.38. The predicted molar refractivity (Wildman–Crippen MR) is 418 cm³/mol. The van der Waals surface area contributed by atoms with Crippen molar-refractivity contribution in [1.82, 2.24) is 0 Å². The summed E-state index contributed by atoms with van der Waals surface area (Å²) in [6.45, 7) is 4.61. The van der Waals surface area contributed by atoms with Gasteiger partial charge in [-0.15, -0.1) is 0 Å². The standard InChI is InChI=1S/C83H142O17P2/c1-5-9-13-17-21-25-29-32-35-37-38-40-43-45-49-52-56-60-64-68-80(85)93-73-78(99-82(87)69-65-61-57-53-47-28-24-20-16-12-8-4)75-97-101(89,90)95-71-77(84)72-96-102(91,92)98-76-79(100-83(88)70-66-62-58-54-50-46-41-34-31-27-23-19-15-11-7-3)74-94-81(86)67-63-59-55-51-48-44-42-39-36-33-30-26-22-18-14-10-6-2/h10,14,20-22,24-26,32-36,38,40-42,44,51,55,77-79,84H,5-9,11-13,15-19,23,27-31,37,39,43,45-50,52-54,56-76H2,1-4H3,(H,89,90)(H,91,92)/b14-10-,24-20-,25-21-,26-22-,35-32-,36-33-,40-38-,41-34-,44-42-,55-51-. The molecule has 0 fully saturated rings. The average Bonchev–Trinajstić information content (AvgIpc) is 0.944. The van der Waals surface area contributed by atoms with E-state index in [2.05, 4.69) is 137 Å². The van der Waals surface area contributed by atoms with Crippen molar-refractivity contribution < 1.29 is 80.2 Å². The minimum atomic E-state index is -4.99. The zero-order valence-electron chi connectivity index (χ0n) is 64.0. The monoisotopic (exact) mass is 1470 g/mol. The van der Waals surface area contributed by atoms with Gasteiger partial charge < -0.3 is 33.8 Å². The van der Waals surface area contributed by atoms with Crippen molar-refractivity contribution in [2.45, 2.75) is 341 Å². The second-order valence-electron chi connectivity index (χ2n) is 26.3. The van der Waals surface area contributed by atoms with E-state index in [1.54, 1.807) is 0 Å². The molecule has 0 amide bonds. The number of allylic oxidation sites excluding steroid dienone is 20. The fourth-order valence-corrected chi connectivity index (χ4v) is 11.9. The SMILES string of the molecule is CC/C=C\C/C=C\C/C=C\C/C=C\C/C=C\CCCC(=O)OCC(COP(=O)(O)OCC(O)COP(=O)(O)OCC(COC(=O)CCCCCCCC/C=C\C/C=C\C/C=C\CCCCC)OC(=O)CCCCCCC/C=C\CCCC)OC(=O)CCCCCCC/C=C\CCCCCCCC. The van der Waals surface area contributed by atoms with Gasteiger partial charge in [0.1, 0.15) is 19.3 Å². The van der Waals surface area contributed by atoms with Crippen molar-refractivity contribution in [2.75, 3.05) is 39.6 Å². The first kappa shape index (κ1) is 97.5. The molecule has 5 atom stereocenters. The van der Waals surface area contributed by atoms with Gasteiger partial charge in [-0.25, -0.2) is 9.13 Å². The molecule has 0 spiro atoms. The number of esters is 4. The number of hydrogen-bond donors (Lipinski definition) is 3.